The maximum atomic E-state index is 13.6. The first-order chi connectivity index (χ1) is 17.0. The molecule has 0 bridgehead atoms. The van der Waals surface area contributed by atoms with E-state index >= 15 is 0 Å². The number of carbonyl (C=O) groups excluding carboxylic acids is 1. The van der Waals surface area contributed by atoms with Crippen LogP contribution in [0.5, 0.6) is 0 Å². The number of fused-ring (bicyclic) bond motifs is 1. The smallest absolute Gasteiger partial charge is 0.298 e. The average molecular weight is 473 g/mol. The van der Waals surface area contributed by atoms with E-state index in [2.05, 4.69) is 20.1 Å². The summed E-state index contributed by atoms with van der Waals surface area (Å²) in [6.07, 6.45) is 4.13. The molecule has 2 aromatic carbocycles. The minimum absolute atomic E-state index is 0.0260. The molecule has 178 valence electrons. The van der Waals surface area contributed by atoms with Crippen molar-refractivity contribution in [1.82, 2.24) is 24.9 Å². The highest BCUT2D eigenvalue weighted by Crippen LogP contribution is 2.39. The zero-order valence-electron chi connectivity index (χ0n) is 19.6. The number of likely N-dealkylation sites (tertiary alicyclic amines) is 1. The fourth-order valence-corrected chi connectivity index (χ4v) is 5.08. The van der Waals surface area contributed by atoms with Gasteiger partial charge in [0, 0.05) is 31.1 Å². The minimum atomic E-state index is -0.288. The third-order valence-corrected chi connectivity index (χ3v) is 6.99. The van der Waals surface area contributed by atoms with E-state index in [0.29, 0.717) is 42.0 Å². The highest BCUT2D eigenvalue weighted by Gasteiger charge is 2.46. The van der Waals surface area contributed by atoms with Crippen LogP contribution >= 0.6 is 0 Å². The van der Waals surface area contributed by atoms with Crippen LogP contribution in [0.25, 0.3) is 17.0 Å². The van der Waals surface area contributed by atoms with Gasteiger partial charge in [0.25, 0.3) is 11.9 Å². The van der Waals surface area contributed by atoms with Crippen LogP contribution in [0.2, 0.25) is 0 Å². The summed E-state index contributed by atoms with van der Waals surface area (Å²) in [5.74, 6) is 0.819. The lowest BCUT2D eigenvalue weighted by molar-refractivity contribution is 0.0582. The number of carbonyl (C=O) groups is 1. The summed E-state index contributed by atoms with van der Waals surface area (Å²) in [6, 6.07) is 12.7. The van der Waals surface area contributed by atoms with Crippen molar-refractivity contribution in [3.05, 3.63) is 77.5 Å². The van der Waals surface area contributed by atoms with Gasteiger partial charge in [0.2, 0.25) is 0 Å². The van der Waals surface area contributed by atoms with E-state index < -0.39 is 0 Å². The lowest BCUT2D eigenvalue weighted by Gasteiger charge is -2.52. The number of nitrogens with zero attached hydrogens (tertiary/aromatic N) is 6. The fourth-order valence-electron chi connectivity index (χ4n) is 5.08. The summed E-state index contributed by atoms with van der Waals surface area (Å²) in [5.41, 5.74) is 3.82. The maximum Gasteiger partial charge on any atom is 0.298 e. The van der Waals surface area contributed by atoms with E-state index in [4.69, 9.17) is 4.42 Å². The van der Waals surface area contributed by atoms with Gasteiger partial charge in [-0.15, -0.1) is 0 Å². The molecule has 35 heavy (non-hydrogen) atoms. The molecule has 2 aliphatic heterocycles. The number of aryl methyl sites for hydroxylation is 2. The van der Waals surface area contributed by atoms with Crippen LogP contribution in [0.1, 0.15) is 28.0 Å². The Morgan fingerprint density at radius 3 is 2.60 bits per heavy atom. The van der Waals surface area contributed by atoms with Gasteiger partial charge in [0.1, 0.15) is 5.82 Å². The zero-order chi connectivity index (χ0) is 24.1. The Hall–Kier alpha value is -4.01. The predicted octanol–water partition coefficient (Wildman–Crippen LogP) is 4.03. The molecule has 0 unspecified atom stereocenters. The number of piperidine rings is 1. The normalized spacial score (nSPS) is 19.4. The van der Waals surface area contributed by atoms with Crippen LogP contribution in [0.3, 0.4) is 0 Å². The Kier molecular flexibility index (Phi) is 5.12. The van der Waals surface area contributed by atoms with Gasteiger partial charge in [0.15, 0.2) is 5.76 Å². The van der Waals surface area contributed by atoms with E-state index in [0.717, 1.165) is 29.8 Å². The topological polar surface area (TPSA) is 80.3 Å². The maximum absolute atomic E-state index is 13.6. The standard InChI is InChI=1S/C26H25FN6O2/c1-16-3-8-22(33-28-10-11-29-33)21(13-16)25(34)31-12-9-19-14-32(23(19)15-31)26-30-17(2)24(35-26)18-4-6-20(27)7-5-18/h3-8,10-11,13,19,23H,9,12,14-15H2,1-2H3/t19-,23-/m0/s1. The third kappa shape index (κ3) is 3.77. The Morgan fingerprint density at radius 1 is 1.06 bits per heavy atom. The van der Waals surface area contributed by atoms with E-state index in [1.165, 1.54) is 16.9 Å². The van der Waals surface area contributed by atoms with Crippen molar-refractivity contribution in [2.75, 3.05) is 24.5 Å². The molecule has 4 aromatic rings. The van der Waals surface area contributed by atoms with Crippen molar-refractivity contribution in [1.29, 1.82) is 0 Å². The molecule has 0 aliphatic carbocycles. The van der Waals surface area contributed by atoms with Gasteiger partial charge in [-0.25, -0.2) is 4.39 Å². The summed E-state index contributed by atoms with van der Waals surface area (Å²) >= 11 is 0. The van der Waals surface area contributed by atoms with Gasteiger partial charge in [-0.05, 0) is 56.7 Å². The predicted molar refractivity (Wildman–Crippen MR) is 128 cm³/mol. The van der Waals surface area contributed by atoms with E-state index in [-0.39, 0.29) is 17.8 Å². The highest BCUT2D eigenvalue weighted by molar-refractivity contribution is 5.98. The van der Waals surface area contributed by atoms with Gasteiger partial charge in [-0.3, -0.25) is 4.79 Å². The summed E-state index contributed by atoms with van der Waals surface area (Å²) in [6.45, 7) is 6.02. The molecule has 6 rings (SSSR count). The molecule has 9 heteroatoms. The van der Waals surface area contributed by atoms with Crippen molar-refractivity contribution in [3.63, 3.8) is 0 Å². The lowest BCUT2D eigenvalue weighted by atomic mass is 9.82. The number of anilines is 1. The van der Waals surface area contributed by atoms with Gasteiger partial charge >= 0.3 is 0 Å². The van der Waals surface area contributed by atoms with Crippen LogP contribution in [-0.2, 0) is 0 Å². The molecule has 8 nitrogen and oxygen atoms in total. The first-order valence-electron chi connectivity index (χ1n) is 11.7. The van der Waals surface area contributed by atoms with Crippen molar-refractivity contribution in [2.45, 2.75) is 26.3 Å². The molecule has 1 amide bonds. The number of aromatic nitrogens is 4. The second-order valence-corrected chi connectivity index (χ2v) is 9.28. The molecular weight excluding hydrogens is 447 g/mol. The summed E-state index contributed by atoms with van der Waals surface area (Å²) in [5, 5.41) is 8.44. The highest BCUT2D eigenvalue weighted by atomic mass is 19.1. The average Bonchev–Trinajstić information content (AvgIpc) is 3.50. The first kappa shape index (κ1) is 21.5. The summed E-state index contributed by atoms with van der Waals surface area (Å²) < 4.78 is 19.5. The van der Waals surface area contributed by atoms with Crippen molar-refractivity contribution in [2.24, 2.45) is 5.92 Å². The fraction of sp³-hybridized carbons (Fsp3) is 0.308. The van der Waals surface area contributed by atoms with Crippen LogP contribution in [0.4, 0.5) is 10.4 Å². The van der Waals surface area contributed by atoms with E-state index in [9.17, 15) is 9.18 Å². The molecule has 0 saturated carbocycles. The molecule has 4 heterocycles. The number of hydrogen-bond acceptors (Lipinski definition) is 6. The molecule has 2 aliphatic rings. The van der Waals surface area contributed by atoms with Crippen LogP contribution in [0, 0.1) is 25.6 Å². The second kappa shape index (κ2) is 8.33. The number of rotatable bonds is 4. The first-order valence-corrected chi connectivity index (χ1v) is 11.7. The van der Waals surface area contributed by atoms with Crippen molar-refractivity contribution >= 4 is 11.9 Å². The molecule has 0 spiro atoms. The number of amides is 1. The molecule has 0 radical (unpaired) electrons. The SMILES string of the molecule is Cc1ccc(-n2nccn2)c(C(=O)N2CC[C@H]3CN(c4nc(C)c(-c5ccc(F)cc5)o4)[C@H]3C2)c1. The van der Waals surface area contributed by atoms with Crippen molar-refractivity contribution < 1.29 is 13.6 Å². The third-order valence-electron chi connectivity index (χ3n) is 6.99. The summed E-state index contributed by atoms with van der Waals surface area (Å²) in [4.78, 5) is 23.8. The molecule has 0 N–H and O–H groups in total. The quantitative estimate of drug-likeness (QED) is 0.446. The minimum Gasteiger partial charge on any atom is -0.423 e. The van der Waals surface area contributed by atoms with Crippen molar-refractivity contribution in [3.8, 4) is 17.0 Å². The Labute approximate surface area is 202 Å². The van der Waals surface area contributed by atoms with Gasteiger partial charge < -0.3 is 14.2 Å². The molecule has 2 saturated heterocycles. The number of benzene rings is 2. The number of hydrogen-bond donors (Lipinski definition) is 0. The van der Waals surface area contributed by atoms with Gasteiger partial charge in [0.05, 0.1) is 35.4 Å². The largest absolute Gasteiger partial charge is 0.423 e. The molecule has 2 atom stereocenters. The van der Waals surface area contributed by atoms with Crippen LogP contribution in [0.15, 0.2) is 59.3 Å². The number of oxazole rings is 1. The van der Waals surface area contributed by atoms with Gasteiger partial charge in [-0.1, -0.05) is 11.6 Å². The molecular formula is C26H25FN6O2. The summed E-state index contributed by atoms with van der Waals surface area (Å²) in [7, 11) is 0. The Balaban J connectivity index is 1.23. The molecule has 2 aromatic heterocycles. The van der Waals surface area contributed by atoms with Gasteiger partial charge in [-0.2, -0.15) is 20.0 Å². The Bertz CT molecular complexity index is 1380. The Morgan fingerprint density at radius 2 is 1.83 bits per heavy atom. The van der Waals surface area contributed by atoms with Crippen LogP contribution in [-0.4, -0.2) is 56.5 Å². The zero-order valence-corrected chi connectivity index (χ0v) is 19.6. The van der Waals surface area contributed by atoms with E-state index in [1.54, 1.807) is 24.5 Å². The number of halogens is 1. The van der Waals surface area contributed by atoms with Crippen LogP contribution < -0.4 is 4.90 Å². The van der Waals surface area contributed by atoms with E-state index in [1.807, 2.05) is 36.9 Å². The lowest BCUT2D eigenvalue weighted by Crippen LogP contribution is -2.65. The monoisotopic (exact) mass is 472 g/mol. The molecule has 2 fully saturated rings. The second-order valence-electron chi connectivity index (χ2n) is 9.28.